The highest BCUT2D eigenvalue weighted by atomic mass is 16.2. The van der Waals surface area contributed by atoms with Crippen LogP contribution in [0.2, 0.25) is 0 Å². The minimum absolute atomic E-state index is 0.0272. The number of hydrogen-bond donors (Lipinski definition) is 2. The van der Waals surface area contributed by atoms with E-state index in [9.17, 15) is 9.59 Å². The van der Waals surface area contributed by atoms with Crippen LogP contribution in [0.3, 0.4) is 0 Å². The van der Waals surface area contributed by atoms with Crippen molar-refractivity contribution in [2.75, 3.05) is 5.32 Å². The van der Waals surface area contributed by atoms with E-state index in [-0.39, 0.29) is 29.6 Å². The van der Waals surface area contributed by atoms with Crippen LogP contribution in [0, 0.1) is 0 Å². The van der Waals surface area contributed by atoms with Crippen LogP contribution in [0.5, 0.6) is 0 Å². The SMILES string of the molecule is CCC1NC(=O)c2cc3ccc(C(=O)Nc4nc5ccccc5n4CC)nc3n2C1C. The zero-order valence-corrected chi connectivity index (χ0v) is 17.7. The summed E-state index contributed by atoms with van der Waals surface area (Å²) in [5.74, 6) is 0.0552. The number of carbonyl (C=O) groups is 2. The van der Waals surface area contributed by atoms with Gasteiger partial charge in [-0.25, -0.2) is 9.97 Å². The molecule has 31 heavy (non-hydrogen) atoms. The van der Waals surface area contributed by atoms with Gasteiger partial charge in [-0.05, 0) is 50.6 Å². The number of anilines is 1. The lowest BCUT2D eigenvalue weighted by Gasteiger charge is -2.31. The van der Waals surface area contributed by atoms with Crippen LogP contribution in [0.25, 0.3) is 22.1 Å². The number of aryl methyl sites for hydroxylation is 1. The first-order valence-corrected chi connectivity index (χ1v) is 10.6. The highest BCUT2D eigenvalue weighted by molar-refractivity contribution is 6.05. The van der Waals surface area contributed by atoms with Crippen molar-refractivity contribution >= 4 is 39.8 Å². The fraction of sp³-hybridized carbons (Fsp3) is 0.304. The summed E-state index contributed by atoms with van der Waals surface area (Å²) in [5, 5.41) is 6.80. The Hall–Kier alpha value is -3.68. The van der Waals surface area contributed by atoms with Crippen molar-refractivity contribution in [3.63, 3.8) is 0 Å². The lowest BCUT2D eigenvalue weighted by Crippen LogP contribution is -2.46. The maximum Gasteiger partial charge on any atom is 0.276 e. The molecule has 1 aromatic carbocycles. The average Bonchev–Trinajstić information content (AvgIpc) is 3.33. The smallest absolute Gasteiger partial charge is 0.276 e. The molecule has 0 saturated heterocycles. The van der Waals surface area contributed by atoms with Crippen LogP contribution in [0.15, 0.2) is 42.5 Å². The predicted molar refractivity (Wildman–Crippen MR) is 119 cm³/mol. The van der Waals surface area contributed by atoms with Gasteiger partial charge < -0.3 is 14.5 Å². The quantitative estimate of drug-likeness (QED) is 0.530. The third kappa shape index (κ3) is 2.98. The Morgan fingerprint density at radius 1 is 1.16 bits per heavy atom. The molecule has 2 amide bonds. The second-order valence-electron chi connectivity index (χ2n) is 7.86. The molecule has 5 rings (SSSR count). The van der Waals surface area contributed by atoms with Crippen molar-refractivity contribution < 1.29 is 9.59 Å². The molecule has 158 valence electrons. The first kappa shape index (κ1) is 19.3. The highest BCUT2D eigenvalue weighted by Crippen LogP contribution is 2.29. The monoisotopic (exact) mass is 416 g/mol. The lowest BCUT2D eigenvalue weighted by molar-refractivity contribution is 0.0882. The maximum absolute atomic E-state index is 13.0. The summed E-state index contributed by atoms with van der Waals surface area (Å²) >= 11 is 0. The largest absolute Gasteiger partial charge is 0.346 e. The van der Waals surface area contributed by atoms with E-state index in [0.717, 1.165) is 22.8 Å². The third-order valence-corrected chi connectivity index (χ3v) is 6.09. The summed E-state index contributed by atoms with van der Waals surface area (Å²) < 4.78 is 3.91. The van der Waals surface area contributed by atoms with Crippen molar-refractivity contribution in [2.24, 2.45) is 0 Å². The van der Waals surface area contributed by atoms with Crippen LogP contribution in [-0.2, 0) is 6.54 Å². The molecule has 0 radical (unpaired) electrons. The second kappa shape index (κ2) is 7.23. The van der Waals surface area contributed by atoms with Gasteiger partial charge in [-0.3, -0.25) is 14.9 Å². The molecule has 1 aliphatic rings. The summed E-state index contributed by atoms with van der Waals surface area (Å²) in [6, 6.07) is 13.2. The molecular weight excluding hydrogens is 392 g/mol. The number of para-hydroxylation sites is 2. The van der Waals surface area contributed by atoms with Crippen LogP contribution < -0.4 is 10.6 Å². The zero-order chi connectivity index (χ0) is 21.7. The van der Waals surface area contributed by atoms with E-state index < -0.39 is 0 Å². The Balaban J connectivity index is 1.53. The van der Waals surface area contributed by atoms with Gasteiger partial charge in [-0.1, -0.05) is 19.1 Å². The highest BCUT2D eigenvalue weighted by Gasteiger charge is 2.31. The van der Waals surface area contributed by atoms with E-state index in [1.165, 1.54) is 0 Å². The fourth-order valence-electron chi connectivity index (χ4n) is 4.45. The van der Waals surface area contributed by atoms with Crippen molar-refractivity contribution in [2.45, 2.75) is 45.8 Å². The van der Waals surface area contributed by atoms with Crippen LogP contribution in [0.1, 0.15) is 54.2 Å². The van der Waals surface area contributed by atoms with E-state index >= 15 is 0 Å². The summed E-state index contributed by atoms with van der Waals surface area (Å²) in [5.41, 5.74) is 3.30. The van der Waals surface area contributed by atoms with Gasteiger partial charge in [0.15, 0.2) is 0 Å². The molecule has 0 saturated carbocycles. The molecule has 8 nitrogen and oxygen atoms in total. The number of benzene rings is 1. The van der Waals surface area contributed by atoms with E-state index in [4.69, 9.17) is 0 Å². The molecule has 4 heterocycles. The molecule has 2 unspecified atom stereocenters. The molecule has 0 fully saturated rings. The standard InChI is InChI=1S/C23H24N6O2/c1-4-15-13(3)29-19(22(31)25-15)12-14-10-11-17(24-20(14)29)21(30)27-23-26-16-8-6-7-9-18(16)28(23)5-2/h6-13,15H,4-5H2,1-3H3,(H,25,31)(H,26,27,30). The van der Waals surface area contributed by atoms with Gasteiger partial charge in [0.25, 0.3) is 11.8 Å². The number of carbonyl (C=O) groups excluding carboxylic acids is 2. The van der Waals surface area contributed by atoms with Gasteiger partial charge in [-0.2, -0.15) is 0 Å². The predicted octanol–water partition coefficient (Wildman–Crippen LogP) is 3.74. The number of aromatic nitrogens is 4. The van der Waals surface area contributed by atoms with E-state index in [2.05, 4.69) is 27.5 Å². The molecule has 3 aromatic heterocycles. The Bertz CT molecular complexity index is 1330. The number of nitrogens with zero attached hydrogens (tertiary/aromatic N) is 4. The summed E-state index contributed by atoms with van der Waals surface area (Å²) in [7, 11) is 0. The summed E-state index contributed by atoms with van der Waals surface area (Å²) in [6.45, 7) is 6.80. The van der Waals surface area contributed by atoms with Gasteiger partial charge in [-0.15, -0.1) is 0 Å². The molecule has 0 bridgehead atoms. The third-order valence-electron chi connectivity index (χ3n) is 6.09. The minimum Gasteiger partial charge on any atom is -0.346 e. The first-order chi connectivity index (χ1) is 15.0. The molecule has 2 N–H and O–H groups in total. The maximum atomic E-state index is 13.0. The molecule has 2 atom stereocenters. The van der Waals surface area contributed by atoms with Gasteiger partial charge in [0, 0.05) is 18.0 Å². The van der Waals surface area contributed by atoms with Crippen molar-refractivity contribution in [3.05, 3.63) is 53.9 Å². The van der Waals surface area contributed by atoms with Crippen molar-refractivity contribution in [3.8, 4) is 0 Å². The van der Waals surface area contributed by atoms with Gasteiger partial charge in [0.2, 0.25) is 5.95 Å². The normalized spacial score (nSPS) is 18.2. The molecule has 1 aliphatic heterocycles. The molecule has 0 spiro atoms. The number of imidazole rings is 1. The lowest BCUT2D eigenvalue weighted by atomic mass is 10.0. The van der Waals surface area contributed by atoms with Gasteiger partial charge in [0.1, 0.15) is 17.0 Å². The molecule has 8 heteroatoms. The van der Waals surface area contributed by atoms with Crippen LogP contribution in [0.4, 0.5) is 5.95 Å². The van der Waals surface area contributed by atoms with Crippen LogP contribution >= 0.6 is 0 Å². The van der Waals surface area contributed by atoms with Gasteiger partial charge in [0.05, 0.1) is 17.1 Å². The number of rotatable bonds is 4. The fourth-order valence-corrected chi connectivity index (χ4v) is 4.45. The Kier molecular flexibility index (Phi) is 4.50. The number of amides is 2. The minimum atomic E-state index is -0.331. The summed E-state index contributed by atoms with van der Waals surface area (Å²) in [4.78, 5) is 34.8. The second-order valence-corrected chi connectivity index (χ2v) is 7.86. The summed E-state index contributed by atoms with van der Waals surface area (Å²) in [6.07, 6.45) is 0.819. The molecule has 4 aromatic rings. The van der Waals surface area contributed by atoms with E-state index in [0.29, 0.717) is 23.8 Å². The number of fused-ring (bicyclic) bond motifs is 4. The van der Waals surface area contributed by atoms with Crippen molar-refractivity contribution in [1.29, 1.82) is 0 Å². The Labute approximate surface area is 179 Å². The Morgan fingerprint density at radius 2 is 1.97 bits per heavy atom. The van der Waals surface area contributed by atoms with E-state index in [1.54, 1.807) is 6.07 Å². The number of hydrogen-bond acceptors (Lipinski definition) is 4. The number of pyridine rings is 1. The van der Waals surface area contributed by atoms with E-state index in [1.807, 2.05) is 59.4 Å². The molecule has 0 aliphatic carbocycles. The first-order valence-electron chi connectivity index (χ1n) is 10.6. The van der Waals surface area contributed by atoms with Crippen molar-refractivity contribution in [1.82, 2.24) is 24.4 Å². The molecular formula is C23H24N6O2. The average molecular weight is 416 g/mol. The topological polar surface area (TPSA) is 93.8 Å². The van der Waals surface area contributed by atoms with Gasteiger partial charge >= 0.3 is 0 Å². The van der Waals surface area contributed by atoms with Crippen LogP contribution in [-0.4, -0.2) is 37.0 Å². The Morgan fingerprint density at radius 3 is 2.74 bits per heavy atom. The number of nitrogens with one attached hydrogen (secondary N) is 2. The zero-order valence-electron chi connectivity index (χ0n) is 17.7.